The van der Waals surface area contributed by atoms with E-state index in [4.69, 9.17) is 5.73 Å². The van der Waals surface area contributed by atoms with Gasteiger partial charge in [-0.15, -0.1) is 0 Å². The van der Waals surface area contributed by atoms with Gasteiger partial charge in [0.1, 0.15) is 0 Å². The van der Waals surface area contributed by atoms with Gasteiger partial charge in [0.25, 0.3) is 0 Å². The summed E-state index contributed by atoms with van der Waals surface area (Å²) in [6.07, 6.45) is 11.8. The standard InChI is InChI=1S/C14H19N/c15-13-9-4-2-1-3-6-10-14-11-7-5-8-12-14/h3-9,11-12H,1-2,10,13,15H2. The maximum Gasteiger partial charge on any atom is 0.0106 e. The zero-order valence-corrected chi connectivity index (χ0v) is 9.10. The van der Waals surface area contributed by atoms with Crippen LogP contribution in [0.4, 0.5) is 0 Å². The van der Waals surface area contributed by atoms with Crippen LogP contribution in [0.15, 0.2) is 54.6 Å². The summed E-state index contributed by atoms with van der Waals surface area (Å²) >= 11 is 0. The second-order valence-corrected chi connectivity index (χ2v) is 3.45. The Balaban J connectivity index is 2.15. The number of hydrogen-bond donors (Lipinski definition) is 1. The van der Waals surface area contributed by atoms with Gasteiger partial charge < -0.3 is 5.73 Å². The van der Waals surface area contributed by atoms with Gasteiger partial charge in [0, 0.05) is 6.54 Å². The maximum absolute atomic E-state index is 5.34. The van der Waals surface area contributed by atoms with Crippen LogP contribution in [-0.4, -0.2) is 6.54 Å². The Hall–Kier alpha value is -1.34. The van der Waals surface area contributed by atoms with E-state index in [2.05, 4.69) is 42.5 Å². The van der Waals surface area contributed by atoms with Crippen molar-refractivity contribution in [2.75, 3.05) is 6.54 Å². The van der Waals surface area contributed by atoms with Crippen molar-refractivity contribution in [2.45, 2.75) is 19.3 Å². The summed E-state index contributed by atoms with van der Waals surface area (Å²) in [5.41, 5.74) is 6.71. The molecule has 80 valence electrons. The highest BCUT2D eigenvalue weighted by Crippen LogP contribution is 2.01. The SMILES string of the molecule is NCC=CCCC=CCc1ccccc1. The first-order valence-electron chi connectivity index (χ1n) is 5.47. The fourth-order valence-corrected chi connectivity index (χ4v) is 1.36. The Morgan fingerprint density at radius 3 is 2.20 bits per heavy atom. The van der Waals surface area contributed by atoms with Gasteiger partial charge in [-0.2, -0.15) is 0 Å². The van der Waals surface area contributed by atoms with Crippen molar-refractivity contribution < 1.29 is 0 Å². The summed E-state index contributed by atoms with van der Waals surface area (Å²) in [5.74, 6) is 0. The van der Waals surface area contributed by atoms with E-state index >= 15 is 0 Å². The summed E-state index contributed by atoms with van der Waals surface area (Å²) in [7, 11) is 0. The van der Waals surface area contributed by atoms with Gasteiger partial charge in [0.15, 0.2) is 0 Å². The highest BCUT2D eigenvalue weighted by molar-refractivity contribution is 5.17. The average Bonchev–Trinajstić information content (AvgIpc) is 2.29. The van der Waals surface area contributed by atoms with E-state index in [-0.39, 0.29) is 0 Å². The molecule has 0 aliphatic heterocycles. The topological polar surface area (TPSA) is 26.0 Å². The van der Waals surface area contributed by atoms with Crippen molar-refractivity contribution >= 4 is 0 Å². The molecule has 1 heteroatoms. The van der Waals surface area contributed by atoms with Crippen molar-refractivity contribution in [2.24, 2.45) is 5.73 Å². The molecule has 0 radical (unpaired) electrons. The molecular weight excluding hydrogens is 182 g/mol. The smallest absolute Gasteiger partial charge is 0.0106 e. The molecule has 1 aromatic rings. The molecule has 0 aromatic heterocycles. The van der Waals surface area contributed by atoms with Crippen LogP contribution in [0, 0.1) is 0 Å². The van der Waals surface area contributed by atoms with Gasteiger partial charge in [-0.05, 0) is 24.8 Å². The first-order valence-corrected chi connectivity index (χ1v) is 5.47. The Morgan fingerprint density at radius 1 is 0.867 bits per heavy atom. The van der Waals surface area contributed by atoms with E-state index in [1.807, 2.05) is 12.1 Å². The summed E-state index contributed by atoms with van der Waals surface area (Å²) in [5, 5.41) is 0. The first kappa shape index (κ1) is 11.7. The molecule has 0 saturated carbocycles. The summed E-state index contributed by atoms with van der Waals surface area (Å²) in [6, 6.07) is 10.5. The number of unbranched alkanes of at least 4 members (excludes halogenated alkanes) is 1. The lowest BCUT2D eigenvalue weighted by atomic mass is 10.1. The van der Waals surface area contributed by atoms with Gasteiger partial charge in [-0.25, -0.2) is 0 Å². The fourth-order valence-electron chi connectivity index (χ4n) is 1.36. The Bertz CT molecular complexity index is 298. The monoisotopic (exact) mass is 201 g/mol. The van der Waals surface area contributed by atoms with Crippen LogP contribution >= 0.6 is 0 Å². The molecular formula is C14H19N. The third-order valence-electron chi connectivity index (χ3n) is 2.17. The number of nitrogens with two attached hydrogens (primary N) is 1. The van der Waals surface area contributed by atoms with Crippen LogP contribution in [0.5, 0.6) is 0 Å². The third kappa shape index (κ3) is 5.87. The van der Waals surface area contributed by atoms with Crippen LogP contribution in [0.25, 0.3) is 0 Å². The van der Waals surface area contributed by atoms with Crippen LogP contribution in [0.3, 0.4) is 0 Å². The summed E-state index contributed by atoms with van der Waals surface area (Å²) in [6.45, 7) is 0.647. The minimum absolute atomic E-state index is 0.647. The van der Waals surface area contributed by atoms with Crippen molar-refractivity contribution in [3.05, 3.63) is 60.2 Å². The Kier molecular flexibility index (Phi) is 6.26. The lowest BCUT2D eigenvalue weighted by Gasteiger charge is -1.93. The van der Waals surface area contributed by atoms with Gasteiger partial charge in [0.2, 0.25) is 0 Å². The quantitative estimate of drug-likeness (QED) is 0.555. The largest absolute Gasteiger partial charge is 0.327 e. The number of hydrogen-bond acceptors (Lipinski definition) is 1. The lowest BCUT2D eigenvalue weighted by molar-refractivity contribution is 1.03. The fraction of sp³-hybridized carbons (Fsp3) is 0.286. The van der Waals surface area contributed by atoms with Gasteiger partial charge in [0.05, 0.1) is 0 Å². The molecule has 0 atom stereocenters. The number of allylic oxidation sites excluding steroid dienone is 3. The predicted molar refractivity (Wildman–Crippen MR) is 66.7 cm³/mol. The molecule has 15 heavy (non-hydrogen) atoms. The zero-order valence-electron chi connectivity index (χ0n) is 9.10. The van der Waals surface area contributed by atoms with E-state index in [0.29, 0.717) is 6.54 Å². The van der Waals surface area contributed by atoms with Crippen molar-refractivity contribution in [3.8, 4) is 0 Å². The average molecular weight is 201 g/mol. The molecule has 0 amide bonds. The second-order valence-electron chi connectivity index (χ2n) is 3.45. The molecule has 0 aliphatic carbocycles. The van der Waals surface area contributed by atoms with Gasteiger partial charge in [-0.3, -0.25) is 0 Å². The number of benzene rings is 1. The third-order valence-corrected chi connectivity index (χ3v) is 2.17. The van der Waals surface area contributed by atoms with Gasteiger partial charge in [-0.1, -0.05) is 54.6 Å². The normalized spacial score (nSPS) is 11.5. The highest BCUT2D eigenvalue weighted by Gasteiger charge is 1.84. The molecule has 0 unspecified atom stereocenters. The molecule has 1 rings (SSSR count). The van der Waals surface area contributed by atoms with Crippen LogP contribution in [0.1, 0.15) is 18.4 Å². The summed E-state index contributed by atoms with van der Waals surface area (Å²) < 4.78 is 0. The lowest BCUT2D eigenvalue weighted by Crippen LogP contribution is -1.91. The second kappa shape index (κ2) is 8.01. The molecule has 1 aromatic carbocycles. The van der Waals surface area contributed by atoms with Crippen molar-refractivity contribution in [1.29, 1.82) is 0 Å². The minimum Gasteiger partial charge on any atom is -0.327 e. The first-order chi connectivity index (χ1) is 7.43. The van der Waals surface area contributed by atoms with Crippen molar-refractivity contribution in [3.63, 3.8) is 0 Å². The maximum atomic E-state index is 5.34. The predicted octanol–water partition coefficient (Wildman–Crippen LogP) is 3.08. The molecule has 0 spiro atoms. The molecule has 0 fully saturated rings. The van der Waals surface area contributed by atoms with Crippen molar-refractivity contribution in [1.82, 2.24) is 0 Å². The molecule has 0 saturated heterocycles. The summed E-state index contributed by atoms with van der Waals surface area (Å²) in [4.78, 5) is 0. The van der Waals surface area contributed by atoms with E-state index in [1.165, 1.54) is 5.56 Å². The molecule has 0 heterocycles. The van der Waals surface area contributed by atoms with E-state index < -0.39 is 0 Å². The van der Waals surface area contributed by atoms with E-state index in [1.54, 1.807) is 0 Å². The Morgan fingerprint density at radius 2 is 1.53 bits per heavy atom. The number of rotatable bonds is 6. The highest BCUT2D eigenvalue weighted by atomic mass is 14.5. The van der Waals surface area contributed by atoms with Gasteiger partial charge >= 0.3 is 0 Å². The molecule has 0 aliphatic rings. The van der Waals surface area contributed by atoms with E-state index in [9.17, 15) is 0 Å². The minimum atomic E-state index is 0.647. The molecule has 2 N–H and O–H groups in total. The molecule has 0 bridgehead atoms. The van der Waals surface area contributed by atoms with Crippen LogP contribution < -0.4 is 5.73 Å². The Labute approximate surface area is 92.3 Å². The van der Waals surface area contributed by atoms with Crippen LogP contribution in [0.2, 0.25) is 0 Å². The van der Waals surface area contributed by atoms with E-state index in [0.717, 1.165) is 19.3 Å². The zero-order chi connectivity index (χ0) is 10.8. The van der Waals surface area contributed by atoms with Crippen LogP contribution in [-0.2, 0) is 6.42 Å². The molecule has 1 nitrogen and oxygen atoms in total.